The van der Waals surface area contributed by atoms with Crippen LogP contribution >= 0.6 is 0 Å². The highest BCUT2D eigenvalue weighted by atomic mass is 16.6. The molecule has 0 spiro atoms. The van der Waals surface area contributed by atoms with Gasteiger partial charge >= 0.3 is 5.97 Å². The quantitative estimate of drug-likeness (QED) is 0.337. The van der Waals surface area contributed by atoms with Crippen LogP contribution in [0.15, 0.2) is 66.3 Å². The Morgan fingerprint density at radius 1 is 1.06 bits per heavy atom. The zero-order valence-corrected chi connectivity index (χ0v) is 19.8. The minimum Gasteiger partial charge on any atom is -0.490 e. The molecule has 2 amide bonds. The lowest BCUT2D eigenvalue weighted by Crippen LogP contribution is -2.41. The van der Waals surface area contributed by atoms with Crippen molar-refractivity contribution in [2.24, 2.45) is 34.7 Å². The lowest BCUT2D eigenvalue weighted by Gasteiger charge is -2.29. The molecule has 6 rings (SSSR count). The van der Waals surface area contributed by atoms with Crippen LogP contribution in [0.5, 0.6) is 5.75 Å². The van der Waals surface area contributed by atoms with Crippen molar-refractivity contribution < 1.29 is 28.7 Å². The third kappa shape index (κ3) is 3.27. The molecule has 2 bridgehead atoms. The number of amides is 2. The van der Waals surface area contributed by atoms with Gasteiger partial charge in [-0.25, -0.2) is 4.79 Å². The Kier molecular flexibility index (Phi) is 5.39. The van der Waals surface area contributed by atoms with E-state index in [0.29, 0.717) is 17.9 Å². The SMILES string of the molecule is C=CCOc1ccc(C2=NO[C@@H]3[C@@H]4C[C@@H]([C@H]5C(=O)N(c6ccc(C(=O)OCC)cc6)C(=O)[C@@H]45)[C@H]23)cc1. The van der Waals surface area contributed by atoms with Crippen molar-refractivity contribution in [3.63, 3.8) is 0 Å². The van der Waals surface area contributed by atoms with E-state index in [4.69, 9.17) is 14.3 Å². The molecule has 8 nitrogen and oxygen atoms in total. The number of carbonyl (C=O) groups excluding carboxylic acids is 3. The van der Waals surface area contributed by atoms with Gasteiger partial charge in [0.25, 0.3) is 0 Å². The first-order valence-electron chi connectivity index (χ1n) is 12.3. The molecule has 3 fully saturated rings. The zero-order chi connectivity index (χ0) is 25.0. The van der Waals surface area contributed by atoms with Crippen LogP contribution < -0.4 is 9.64 Å². The maximum Gasteiger partial charge on any atom is 0.338 e. The van der Waals surface area contributed by atoms with Gasteiger partial charge < -0.3 is 14.3 Å². The van der Waals surface area contributed by atoms with E-state index in [1.807, 2.05) is 24.3 Å². The fourth-order valence-electron chi connectivity index (χ4n) is 6.46. The molecule has 0 radical (unpaired) electrons. The number of ether oxygens (including phenoxy) is 2. The molecule has 2 aliphatic heterocycles. The van der Waals surface area contributed by atoms with Gasteiger partial charge in [0, 0.05) is 17.4 Å². The van der Waals surface area contributed by atoms with Crippen LogP contribution in [-0.2, 0) is 19.2 Å². The van der Waals surface area contributed by atoms with Gasteiger partial charge in [-0.3, -0.25) is 14.5 Å². The molecular weight excluding hydrogens is 460 g/mol. The maximum atomic E-state index is 13.6. The number of oxime groups is 1. The first-order chi connectivity index (χ1) is 17.5. The number of esters is 1. The number of nitrogens with zero attached hydrogens (tertiary/aromatic N) is 2. The minimum absolute atomic E-state index is 0.0109. The van der Waals surface area contributed by atoms with Crippen LogP contribution in [0.4, 0.5) is 5.69 Å². The molecule has 2 aromatic carbocycles. The van der Waals surface area contributed by atoms with Crippen molar-refractivity contribution in [1.29, 1.82) is 0 Å². The molecule has 0 unspecified atom stereocenters. The molecule has 184 valence electrons. The highest BCUT2D eigenvalue weighted by Crippen LogP contribution is 2.62. The maximum absolute atomic E-state index is 13.6. The Morgan fingerprint density at radius 2 is 1.75 bits per heavy atom. The Hall–Kier alpha value is -3.94. The fraction of sp³-hybridized carbons (Fsp3) is 0.357. The minimum atomic E-state index is -0.435. The average molecular weight is 487 g/mol. The number of carbonyl (C=O) groups is 3. The molecule has 36 heavy (non-hydrogen) atoms. The first kappa shape index (κ1) is 22.5. The van der Waals surface area contributed by atoms with Crippen LogP contribution in [0.25, 0.3) is 0 Å². The fourth-order valence-corrected chi connectivity index (χ4v) is 6.46. The highest BCUT2D eigenvalue weighted by Gasteiger charge is 2.70. The third-order valence-electron chi connectivity index (χ3n) is 7.85. The number of benzene rings is 2. The molecule has 1 saturated heterocycles. The van der Waals surface area contributed by atoms with E-state index in [0.717, 1.165) is 23.4 Å². The van der Waals surface area contributed by atoms with Crippen molar-refractivity contribution in [2.45, 2.75) is 19.4 Å². The smallest absolute Gasteiger partial charge is 0.338 e. The standard InChI is InChI=1S/C28H26N2O6/c1-3-13-35-18-11-7-15(8-12-18)24-23-19-14-20(25(23)36-29-24)22-21(19)26(31)30(27(22)32)17-9-5-16(6-10-17)28(33)34-4-2/h3,5-12,19-23,25H,1,4,13-14H2,2H3/t19-,20+,21+,22-,23+,25+/m0/s1. The second-order valence-electron chi connectivity index (χ2n) is 9.59. The number of hydrogen-bond acceptors (Lipinski definition) is 7. The van der Waals surface area contributed by atoms with E-state index >= 15 is 0 Å². The predicted molar refractivity (Wildman–Crippen MR) is 131 cm³/mol. The van der Waals surface area contributed by atoms with Crippen molar-refractivity contribution >= 4 is 29.2 Å². The number of anilines is 1. The van der Waals surface area contributed by atoms with Crippen LogP contribution in [0.3, 0.4) is 0 Å². The third-order valence-corrected chi connectivity index (χ3v) is 7.85. The van der Waals surface area contributed by atoms with Crippen molar-refractivity contribution in [2.75, 3.05) is 18.1 Å². The Bertz CT molecular complexity index is 1270. The molecule has 0 aromatic heterocycles. The summed E-state index contributed by atoms with van der Waals surface area (Å²) in [6.45, 7) is 6.11. The first-order valence-corrected chi connectivity index (χ1v) is 12.3. The molecule has 2 aromatic rings. The predicted octanol–water partition coefficient (Wildman–Crippen LogP) is 3.60. The highest BCUT2D eigenvalue weighted by molar-refractivity contribution is 6.23. The van der Waals surface area contributed by atoms with Crippen LogP contribution in [0.1, 0.15) is 29.3 Å². The summed E-state index contributed by atoms with van der Waals surface area (Å²) in [4.78, 5) is 46.2. The van der Waals surface area contributed by atoms with Gasteiger partial charge in [0.15, 0.2) is 0 Å². The van der Waals surface area contributed by atoms with Crippen LogP contribution in [0, 0.1) is 29.6 Å². The molecule has 4 aliphatic rings. The average Bonchev–Trinajstić information content (AvgIpc) is 3.64. The van der Waals surface area contributed by atoms with Gasteiger partial charge in [-0.05, 0) is 67.8 Å². The Balaban J connectivity index is 1.23. The van der Waals surface area contributed by atoms with E-state index in [9.17, 15) is 14.4 Å². The zero-order valence-electron chi connectivity index (χ0n) is 19.8. The van der Waals surface area contributed by atoms with Gasteiger partial charge in [-0.15, -0.1) is 0 Å². The monoisotopic (exact) mass is 486 g/mol. The summed E-state index contributed by atoms with van der Waals surface area (Å²) in [5.74, 6) is -0.962. The van der Waals surface area contributed by atoms with Gasteiger partial charge in [-0.2, -0.15) is 0 Å². The second-order valence-corrected chi connectivity index (χ2v) is 9.59. The van der Waals surface area contributed by atoms with Crippen molar-refractivity contribution in [1.82, 2.24) is 0 Å². The Morgan fingerprint density at radius 3 is 2.42 bits per heavy atom. The summed E-state index contributed by atoms with van der Waals surface area (Å²) < 4.78 is 10.6. The number of rotatable bonds is 7. The Labute approximate surface area is 208 Å². The van der Waals surface area contributed by atoms with Crippen LogP contribution in [0.2, 0.25) is 0 Å². The van der Waals surface area contributed by atoms with Crippen molar-refractivity contribution in [3.8, 4) is 5.75 Å². The van der Waals surface area contributed by atoms with Gasteiger partial charge in [0.05, 0.1) is 35.4 Å². The van der Waals surface area contributed by atoms with Gasteiger partial charge in [0.1, 0.15) is 18.5 Å². The van der Waals surface area contributed by atoms with E-state index in [2.05, 4.69) is 11.7 Å². The summed E-state index contributed by atoms with van der Waals surface area (Å²) in [6.07, 6.45) is 2.26. The van der Waals surface area contributed by atoms with Gasteiger partial charge in [-0.1, -0.05) is 17.8 Å². The molecule has 2 heterocycles. The van der Waals surface area contributed by atoms with Crippen molar-refractivity contribution in [3.05, 3.63) is 72.3 Å². The van der Waals surface area contributed by atoms with E-state index in [-0.39, 0.29) is 42.3 Å². The molecule has 8 heteroatoms. The lowest BCUT2D eigenvalue weighted by molar-refractivity contribution is -0.125. The summed E-state index contributed by atoms with van der Waals surface area (Å²) >= 11 is 0. The number of fused-ring (bicyclic) bond motifs is 8. The summed E-state index contributed by atoms with van der Waals surface area (Å²) in [5.41, 5.74) is 2.62. The van der Waals surface area contributed by atoms with Gasteiger partial charge in [0.2, 0.25) is 11.8 Å². The topological polar surface area (TPSA) is 94.5 Å². The lowest BCUT2D eigenvalue weighted by atomic mass is 9.71. The number of hydrogen-bond donors (Lipinski definition) is 0. The molecule has 2 aliphatic carbocycles. The largest absolute Gasteiger partial charge is 0.490 e. The second kappa shape index (κ2) is 8.62. The summed E-state index contributed by atoms with van der Waals surface area (Å²) in [7, 11) is 0. The summed E-state index contributed by atoms with van der Waals surface area (Å²) in [5, 5.41) is 4.40. The molecular formula is C28H26N2O6. The summed E-state index contributed by atoms with van der Waals surface area (Å²) in [6, 6.07) is 14.1. The molecule has 2 saturated carbocycles. The molecule has 6 atom stereocenters. The van der Waals surface area contributed by atoms with E-state index in [1.165, 1.54) is 4.90 Å². The molecule has 0 N–H and O–H groups in total. The normalized spacial score (nSPS) is 29.5. The van der Waals surface area contributed by atoms with E-state index in [1.54, 1.807) is 37.3 Å². The van der Waals surface area contributed by atoms with E-state index < -0.39 is 17.8 Å². The van der Waals surface area contributed by atoms with Crippen LogP contribution in [-0.4, -0.2) is 42.8 Å². The number of imide groups is 1.